The highest BCUT2D eigenvalue weighted by Crippen LogP contribution is 2.40. The van der Waals surface area contributed by atoms with Gasteiger partial charge in [0.25, 0.3) is 0 Å². The van der Waals surface area contributed by atoms with E-state index in [0.717, 1.165) is 31.6 Å². The molecule has 0 amide bonds. The van der Waals surface area contributed by atoms with Gasteiger partial charge in [0.15, 0.2) is 11.5 Å². The van der Waals surface area contributed by atoms with Gasteiger partial charge >= 0.3 is 6.18 Å². The fourth-order valence-corrected chi connectivity index (χ4v) is 4.37. The first kappa shape index (κ1) is 21.2. The number of alkyl halides is 3. The predicted molar refractivity (Wildman–Crippen MR) is 103 cm³/mol. The second-order valence-electron chi connectivity index (χ2n) is 8.40. The topological polar surface area (TPSA) is 24.9 Å². The number of hydrogen-bond donors (Lipinski definition) is 0. The summed E-state index contributed by atoms with van der Waals surface area (Å²) in [6.45, 7) is 7.09. The Bertz CT molecular complexity index is 678. The lowest BCUT2D eigenvalue weighted by molar-refractivity contribution is -0.139. The smallest absolute Gasteiger partial charge is 0.392 e. The highest BCUT2D eigenvalue weighted by Gasteiger charge is 2.37. The first-order valence-electron chi connectivity index (χ1n) is 10.0. The quantitative estimate of drug-likeness (QED) is 0.711. The summed E-state index contributed by atoms with van der Waals surface area (Å²) >= 11 is 0. The summed E-state index contributed by atoms with van der Waals surface area (Å²) in [5.41, 5.74) is 2.36. The summed E-state index contributed by atoms with van der Waals surface area (Å²) in [4.78, 5) is 4.98. The van der Waals surface area contributed by atoms with Crippen molar-refractivity contribution in [3.63, 3.8) is 0 Å². The molecule has 1 fully saturated rings. The maximum absolute atomic E-state index is 12.4. The Morgan fingerprint density at radius 3 is 2.57 bits per heavy atom. The third-order valence-corrected chi connectivity index (χ3v) is 5.81. The van der Waals surface area contributed by atoms with Crippen molar-refractivity contribution in [2.75, 3.05) is 40.4 Å². The number of benzene rings is 1. The molecule has 0 aliphatic carbocycles. The van der Waals surface area contributed by atoms with E-state index in [0.29, 0.717) is 23.5 Å². The molecule has 0 spiro atoms. The van der Waals surface area contributed by atoms with E-state index >= 15 is 0 Å². The van der Waals surface area contributed by atoms with E-state index < -0.39 is 19.2 Å². The minimum atomic E-state index is -4.22. The zero-order valence-electron chi connectivity index (χ0n) is 17.2. The molecule has 3 rings (SSSR count). The summed E-state index contributed by atoms with van der Waals surface area (Å²) in [7, 11) is 3.72. The summed E-state index contributed by atoms with van der Waals surface area (Å²) in [5, 5.41) is 0. The molecule has 7 heteroatoms. The van der Waals surface area contributed by atoms with Crippen molar-refractivity contribution in [3.8, 4) is 11.5 Å². The largest absolute Gasteiger partial charge is 0.493 e. The molecule has 1 aromatic carbocycles. The van der Waals surface area contributed by atoms with Crippen LogP contribution < -0.4 is 9.47 Å². The second-order valence-corrected chi connectivity index (χ2v) is 8.40. The van der Waals surface area contributed by atoms with Crippen LogP contribution in [-0.2, 0) is 6.42 Å². The Balaban J connectivity index is 1.77. The average Bonchev–Trinajstić information content (AvgIpc) is 2.60. The maximum atomic E-state index is 12.4. The normalized spacial score (nSPS) is 23.4. The molecular formula is C21H31F3N2O2. The first-order valence-corrected chi connectivity index (χ1v) is 10.0. The minimum Gasteiger partial charge on any atom is -0.493 e. The third-order valence-electron chi connectivity index (χ3n) is 5.81. The van der Waals surface area contributed by atoms with Crippen LogP contribution >= 0.6 is 0 Å². The van der Waals surface area contributed by atoms with Gasteiger partial charge in [-0.1, -0.05) is 13.8 Å². The van der Waals surface area contributed by atoms with Gasteiger partial charge in [-0.15, -0.1) is 0 Å². The Kier molecular flexibility index (Phi) is 6.44. The number of likely N-dealkylation sites (N-methyl/N-ethyl adjacent to an activating group) is 1. The zero-order chi connectivity index (χ0) is 20.5. The van der Waals surface area contributed by atoms with Crippen LogP contribution in [0.2, 0.25) is 0 Å². The van der Waals surface area contributed by atoms with Crippen molar-refractivity contribution in [1.82, 2.24) is 9.80 Å². The van der Waals surface area contributed by atoms with E-state index in [4.69, 9.17) is 9.47 Å². The molecule has 0 bridgehead atoms. The molecule has 0 N–H and O–H groups in total. The molecule has 0 aromatic heterocycles. The number of rotatable bonds is 6. The fourth-order valence-electron chi connectivity index (χ4n) is 4.37. The maximum Gasteiger partial charge on any atom is 0.392 e. The zero-order valence-corrected chi connectivity index (χ0v) is 17.2. The number of nitrogens with zero attached hydrogens (tertiary/aromatic N) is 2. The van der Waals surface area contributed by atoms with Gasteiger partial charge in [-0.05, 0) is 49.1 Å². The fraction of sp³-hybridized carbons (Fsp3) is 0.714. The Morgan fingerprint density at radius 1 is 1.18 bits per heavy atom. The van der Waals surface area contributed by atoms with Crippen LogP contribution in [0.5, 0.6) is 11.5 Å². The summed E-state index contributed by atoms with van der Waals surface area (Å²) < 4.78 is 48.1. The number of methoxy groups -OCH3 is 1. The van der Waals surface area contributed by atoms with E-state index in [9.17, 15) is 13.2 Å². The average molecular weight is 400 g/mol. The molecule has 2 aliphatic rings. The molecule has 0 radical (unpaired) electrons. The monoisotopic (exact) mass is 400 g/mol. The molecule has 2 aliphatic heterocycles. The summed E-state index contributed by atoms with van der Waals surface area (Å²) in [6.07, 6.45) is -3.13. The molecular weight excluding hydrogens is 369 g/mol. The summed E-state index contributed by atoms with van der Waals surface area (Å²) in [5.74, 6) is 1.58. The molecule has 158 valence electrons. The lowest BCUT2D eigenvalue weighted by Crippen LogP contribution is -2.55. The lowest BCUT2D eigenvalue weighted by Gasteiger charge is -2.48. The predicted octanol–water partition coefficient (Wildman–Crippen LogP) is 4.29. The van der Waals surface area contributed by atoms with Crippen LogP contribution in [-0.4, -0.2) is 62.4 Å². The van der Waals surface area contributed by atoms with Gasteiger partial charge in [-0.25, -0.2) is 0 Å². The summed E-state index contributed by atoms with van der Waals surface area (Å²) in [6, 6.07) is 4.69. The molecule has 0 saturated carbocycles. The van der Waals surface area contributed by atoms with Crippen molar-refractivity contribution in [2.45, 2.75) is 51.4 Å². The number of ether oxygens (including phenoxy) is 2. The van der Waals surface area contributed by atoms with Gasteiger partial charge in [-0.3, -0.25) is 4.90 Å². The van der Waals surface area contributed by atoms with Crippen LogP contribution in [0.1, 0.15) is 43.9 Å². The first-order chi connectivity index (χ1) is 13.2. The molecule has 1 saturated heterocycles. The highest BCUT2D eigenvalue weighted by atomic mass is 19.4. The van der Waals surface area contributed by atoms with E-state index in [1.54, 1.807) is 0 Å². The number of piperazine rings is 1. The van der Waals surface area contributed by atoms with Gasteiger partial charge in [0, 0.05) is 31.7 Å². The third kappa shape index (κ3) is 4.92. The molecule has 0 unspecified atom stereocenters. The van der Waals surface area contributed by atoms with E-state index in [1.807, 2.05) is 12.1 Å². The van der Waals surface area contributed by atoms with E-state index in [-0.39, 0.29) is 6.04 Å². The van der Waals surface area contributed by atoms with Crippen LogP contribution in [0.4, 0.5) is 13.2 Å². The highest BCUT2D eigenvalue weighted by molar-refractivity contribution is 5.49. The van der Waals surface area contributed by atoms with Crippen LogP contribution in [0.25, 0.3) is 0 Å². The molecule has 2 heterocycles. The van der Waals surface area contributed by atoms with E-state index in [2.05, 4.69) is 30.7 Å². The lowest BCUT2D eigenvalue weighted by atomic mass is 9.88. The number of halogens is 3. The van der Waals surface area contributed by atoms with Gasteiger partial charge < -0.3 is 14.4 Å². The Morgan fingerprint density at radius 2 is 1.93 bits per heavy atom. The van der Waals surface area contributed by atoms with Gasteiger partial charge in [-0.2, -0.15) is 13.2 Å². The van der Waals surface area contributed by atoms with Crippen LogP contribution in [0, 0.1) is 5.92 Å². The Hall–Kier alpha value is -1.47. The number of fused-ring (bicyclic) bond motifs is 3. The van der Waals surface area contributed by atoms with Gasteiger partial charge in [0.05, 0.1) is 20.1 Å². The van der Waals surface area contributed by atoms with Crippen LogP contribution in [0.3, 0.4) is 0 Å². The molecule has 2 atom stereocenters. The molecule has 4 nitrogen and oxygen atoms in total. The van der Waals surface area contributed by atoms with Crippen molar-refractivity contribution in [2.24, 2.45) is 5.92 Å². The Labute approximate surface area is 165 Å². The standard InChI is InChI=1S/C21H31F3N2O2/c1-14(2)9-16-12-26-7-5-15-10-20(28-8-6-21(22,23)24)19(27-4)11-17(15)18(26)13-25(16)3/h10-11,14,16,18H,5-9,12-13H2,1-4H3/t16-,18-/m1/s1. The molecule has 28 heavy (non-hydrogen) atoms. The minimum absolute atomic E-state index is 0.287. The van der Waals surface area contributed by atoms with Crippen LogP contribution in [0.15, 0.2) is 12.1 Å². The second kappa shape index (κ2) is 8.49. The van der Waals surface area contributed by atoms with E-state index in [1.165, 1.54) is 19.1 Å². The van der Waals surface area contributed by atoms with Gasteiger partial charge in [0.1, 0.15) is 0 Å². The van der Waals surface area contributed by atoms with Gasteiger partial charge in [0.2, 0.25) is 0 Å². The van der Waals surface area contributed by atoms with Crippen molar-refractivity contribution in [3.05, 3.63) is 23.3 Å². The number of hydrogen-bond acceptors (Lipinski definition) is 4. The van der Waals surface area contributed by atoms with Crippen molar-refractivity contribution < 1.29 is 22.6 Å². The van der Waals surface area contributed by atoms with Crippen molar-refractivity contribution in [1.29, 1.82) is 0 Å². The van der Waals surface area contributed by atoms with Crippen molar-refractivity contribution >= 4 is 0 Å². The SMILES string of the molecule is COc1cc2c(cc1OCCC(F)(F)F)CCN1C[C@@H](CC(C)C)N(C)C[C@H]21. The molecule has 1 aromatic rings.